The number of carbonyl (C=O) groups is 1. The molecule has 0 saturated carbocycles. The van der Waals surface area contributed by atoms with Crippen molar-refractivity contribution in [1.82, 2.24) is 14.8 Å². The summed E-state index contributed by atoms with van der Waals surface area (Å²) in [7, 11) is 0. The highest BCUT2D eigenvalue weighted by atomic mass is 32.1. The minimum absolute atomic E-state index is 0.0175. The second kappa shape index (κ2) is 7.68. The molecule has 0 aliphatic carbocycles. The number of carbonyl (C=O) groups excluding carboxylic acids is 1. The molecule has 1 aromatic carbocycles. The van der Waals surface area contributed by atoms with Gasteiger partial charge in [-0.05, 0) is 6.54 Å². The molecule has 0 atom stereocenters. The van der Waals surface area contributed by atoms with Crippen molar-refractivity contribution in [3.05, 3.63) is 35.7 Å². The lowest BCUT2D eigenvalue weighted by Gasteiger charge is -2.33. The van der Waals surface area contributed by atoms with Crippen molar-refractivity contribution in [2.75, 3.05) is 44.6 Å². The van der Waals surface area contributed by atoms with Crippen LogP contribution in [0.2, 0.25) is 0 Å². The Labute approximate surface area is 140 Å². The van der Waals surface area contributed by atoms with Crippen molar-refractivity contribution in [1.29, 1.82) is 0 Å². The number of thiazole rings is 1. The number of anilines is 1. The molecule has 3 rings (SSSR count). The van der Waals surface area contributed by atoms with Crippen LogP contribution >= 0.6 is 11.3 Å². The topological polar surface area (TPSA) is 48.5 Å². The number of likely N-dealkylation sites (N-methyl/N-ethyl adjacent to an activating group) is 1. The van der Waals surface area contributed by atoms with Crippen LogP contribution in [-0.4, -0.2) is 60.0 Å². The van der Waals surface area contributed by atoms with Gasteiger partial charge in [0, 0.05) is 37.1 Å². The van der Waals surface area contributed by atoms with E-state index in [2.05, 4.69) is 27.0 Å². The van der Waals surface area contributed by atoms with Gasteiger partial charge in [-0.25, -0.2) is 4.98 Å². The fourth-order valence-electron chi connectivity index (χ4n) is 2.70. The number of aromatic nitrogens is 1. The first-order valence-corrected chi connectivity index (χ1v) is 8.88. The van der Waals surface area contributed by atoms with Crippen LogP contribution in [0, 0.1) is 0 Å². The summed E-state index contributed by atoms with van der Waals surface area (Å²) in [5.74, 6) is 0.0175. The van der Waals surface area contributed by atoms with Crippen LogP contribution in [0.25, 0.3) is 11.3 Å². The summed E-state index contributed by atoms with van der Waals surface area (Å²) in [6, 6.07) is 10.0. The second-order valence-electron chi connectivity index (χ2n) is 5.66. The minimum Gasteiger partial charge on any atom is -0.301 e. The van der Waals surface area contributed by atoms with E-state index in [9.17, 15) is 4.79 Å². The molecule has 2 aromatic rings. The minimum atomic E-state index is 0.0175. The van der Waals surface area contributed by atoms with Gasteiger partial charge in [0.15, 0.2) is 5.13 Å². The van der Waals surface area contributed by atoms with Gasteiger partial charge in [0.1, 0.15) is 0 Å². The van der Waals surface area contributed by atoms with Crippen molar-refractivity contribution in [3.63, 3.8) is 0 Å². The Morgan fingerprint density at radius 3 is 2.57 bits per heavy atom. The third-order valence-electron chi connectivity index (χ3n) is 4.10. The highest BCUT2D eigenvalue weighted by molar-refractivity contribution is 7.14. The van der Waals surface area contributed by atoms with E-state index in [1.807, 2.05) is 35.7 Å². The van der Waals surface area contributed by atoms with Crippen LogP contribution in [-0.2, 0) is 4.79 Å². The molecule has 0 spiro atoms. The fourth-order valence-corrected chi connectivity index (χ4v) is 3.43. The van der Waals surface area contributed by atoms with E-state index in [0.29, 0.717) is 11.7 Å². The Morgan fingerprint density at radius 2 is 1.87 bits per heavy atom. The van der Waals surface area contributed by atoms with Crippen LogP contribution in [0.1, 0.15) is 6.92 Å². The quantitative estimate of drug-likeness (QED) is 0.914. The summed E-state index contributed by atoms with van der Waals surface area (Å²) < 4.78 is 0. The molecule has 0 radical (unpaired) electrons. The maximum atomic E-state index is 12.2. The monoisotopic (exact) mass is 330 g/mol. The Bertz CT molecular complexity index is 635. The van der Waals surface area contributed by atoms with Crippen molar-refractivity contribution >= 4 is 22.4 Å². The largest absolute Gasteiger partial charge is 0.301 e. The Morgan fingerprint density at radius 1 is 1.17 bits per heavy atom. The van der Waals surface area contributed by atoms with Gasteiger partial charge in [0.25, 0.3) is 0 Å². The highest BCUT2D eigenvalue weighted by Gasteiger charge is 2.18. The molecule has 23 heavy (non-hydrogen) atoms. The van der Waals surface area contributed by atoms with E-state index in [-0.39, 0.29) is 5.91 Å². The zero-order valence-corrected chi connectivity index (χ0v) is 14.2. The lowest BCUT2D eigenvalue weighted by molar-refractivity contribution is -0.117. The van der Waals surface area contributed by atoms with Gasteiger partial charge in [-0.1, -0.05) is 37.3 Å². The first-order valence-electron chi connectivity index (χ1n) is 8.00. The summed E-state index contributed by atoms with van der Waals surface area (Å²) in [6.07, 6.45) is 0. The van der Waals surface area contributed by atoms with Crippen LogP contribution in [0.15, 0.2) is 35.7 Å². The molecule has 1 fully saturated rings. The maximum Gasteiger partial charge on any atom is 0.240 e. The third kappa shape index (κ3) is 4.37. The van der Waals surface area contributed by atoms with Gasteiger partial charge < -0.3 is 10.2 Å². The molecular formula is C17H22N4OS. The Hall–Kier alpha value is -1.76. The summed E-state index contributed by atoms with van der Waals surface area (Å²) in [6.45, 7) is 7.69. The number of hydrogen-bond acceptors (Lipinski definition) is 5. The number of benzene rings is 1. The first-order chi connectivity index (χ1) is 11.2. The molecular weight excluding hydrogens is 308 g/mol. The zero-order valence-electron chi connectivity index (χ0n) is 13.4. The smallest absolute Gasteiger partial charge is 0.240 e. The molecule has 1 aliphatic heterocycles. The van der Waals surface area contributed by atoms with E-state index in [1.54, 1.807) is 0 Å². The van der Waals surface area contributed by atoms with Crippen molar-refractivity contribution in [2.45, 2.75) is 6.92 Å². The highest BCUT2D eigenvalue weighted by Crippen LogP contribution is 2.24. The number of hydrogen-bond donors (Lipinski definition) is 1. The summed E-state index contributed by atoms with van der Waals surface area (Å²) in [5.41, 5.74) is 1.97. The lowest BCUT2D eigenvalue weighted by Crippen LogP contribution is -2.48. The van der Waals surface area contributed by atoms with Gasteiger partial charge in [0.2, 0.25) is 5.91 Å². The Balaban J connectivity index is 1.52. The average Bonchev–Trinajstić information content (AvgIpc) is 3.04. The van der Waals surface area contributed by atoms with Gasteiger partial charge in [-0.2, -0.15) is 0 Å². The second-order valence-corrected chi connectivity index (χ2v) is 6.52. The number of rotatable bonds is 5. The third-order valence-corrected chi connectivity index (χ3v) is 4.86. The van der Waals surface area contributed by atoms with Gasteiger partial charge in [-0.3, -0.25) is 9.69 Å². The van der Waals surface area contributed by atoms with E-state index in [4.69, 9.17) is 0 Å². The Kier molecular flexibility index (Phi) is 5.38. The molecule has 5 nitrogen and oxygen atoms in total. The van der Waals surface area contributed by atoms with Gasteiger partial charge in [0.05, 0.1) is 12.2 Å². The number of amides is 1. The van der Waals surface area contributed by atoms with Crippen molar-refractivity contribution < 1.29 is 4.79 Å². The lowest BCUT2D eigenvalue weighted by atomic mass is 10.2. The number of piperazine rings is 1. The number of nitrogens with one attached hydrogen (secondary N) is 1. The molecule has 0 unspecified atom stereocenters. The standard InChI is InChI=1S/C17H22N4OS/c1-2-20-8-10-21(11-9-20)12-16(22)19-17-18-15(13-23-17)14-6-4-3-5-7-14/h3-7,13H,2,8-12H2,1H3,(H,18,19,22). The van der Waals surface area contributed by atoms with Gasteiger partial charge in [-0.15, -0.1) is 11.3 Å². The molecule has 1 saturated heterocycles. The van der Waals surface area contributed by atoms with E-state index in [0.717, 1.165) is 44.0 Å². The van der Waals surface area contributed by atoms with E-state index >= 15 is 0 Å². The normalized spacial score (nSPS) is 16.4. The zero-order chi connectivity index (χ0) is 16.1. The molecule has 1 amide bonds. The molecule has 1 aliphatic rings. The van der Waals surface area contributed by atoms with Crippen LogP contribution in [0.3, 0.4) is 0 Å². The first kappa shape index (κ1) is 16.1. The van der Waals surface area contributed by atoms with Crippen LogP contribution in [0.4, 0.5) is 5.13 Å². The van der Waals surface area contributed by atoms with Crippen LogP contribution < -0.4 is 5.32 Å². The summed E-state index contributed by atoms with van der Waals surface area (Å²) in [4.78, 5) is 21.3. The number of nitrogens with zero attached hydrogens (tertiary/aromatic N) is 3. The van der Waals surface area contributed by atoms with Crippen molar-refractivity contribution in [2.24, 2.45) is 0 Å². The molecule has 2 heterocycles. The summed E-state index contributed by atoms with van der Waals surface area (Å²) in [5, 5.41) is 5.56. The molecule has 1 aromatic heterocycles. The molecule has 6 heteroatoms. The average molecular weight is 330 g/mol. The van der Waals surface area contributed by atoms with Crippen LogP contribution in [0.5, 0.6) is 0 Å². The van der Waals surface area contributed by atoms with Crippen molar-refractivity contribution in [3.8, 4) is 11.3 Å². The van der Waals surface area contributed by atoms with E-state index in [1.165, 1.54) is 11.3 Å². The SMILES string of the molecule is CCN1CCN(CC(=O)Nc2nc(-c3ccccc3)cs2)CC1. The van der Waals surface area contributed by atoms with E-state index < -0.39 is 0 Å². The predicted molar refractivity (Wildman–Crippen MR) is 94.7 cm³/mol. The predicted octanol–water partition coefficient (Wildman–Crippen LogP) is 2.39. The maximum absolute atomic E-state index is 12.2. The fraction of sp³-hybridized carbons (Fsp3) is 0.412. The molecule has 0 bridgehead atoms. The molecule has 122 valence electrons. The molecule has 1 N–H and O–H groups in total. The summed E-state index contributed by atoms with van der Waals surface area (Å²) >= 11 is 1.47. The van der Waals surface area contributed by atoms with Gasteiger partial charge >= 0.3 is 0 Å².